The van der Waals surface area contributed by atoms with Gasteiger partial charge in [0.1, 0.15) is 16.8 Å². The monoisotopic (exact) mass is 396 g/mol. The van der Waals surface area contributed by atoms with Crippen molar-refractivity contribution in [2.45, 2.75) is 32.6 Å². The summed E-state index contributed by atoms with van der Waals surface area (Å²) in [4.78, 5) is 25.2. The van der Waals surface area contributed by atoms with E-state index in [0.717, 1.165) is 47.4 Å². The summed E-state index contributed by atoms with van der Waals surface area (Å²) in [5, 5.41) is 16.2. The lowest BCUT2D eigenvalue weighted by atomic mass is 9.96. The van der Waals surface area contributed by atoms with Crippen LogP contribution >= 0.6 is 11.3 Å². The van der Waals surface area contributed by atoms with Gasteiger partial charge in [0.15, 0.2) is 0 Å². The molecule has 0 aliphatic heterocycles. The molecule has 144 valence electrons. The van der Waals surface area contributed by atoms with Crippen LogP contribution in [0.3, 0.4) is 0 Å². The van der Waals surface area contributed by atoms with Gasteiger partial charge in [-0.1, -0.05) is 0 Å². The highest BCUT2D eigenvalue weighted by molar-refractivity contribution is 7.16. The van der Waals surface area contributed by atoms with Crippen molar-refractivity contribution < 1.29 is 14.3 Å². The first-order valence-corrected chi connectivity index (χ1v) is 9.86. The first-order chi connectivity index (χ1) is 13.6. The number of nitrogens with one attached hydrogen (secondary N) is 2. The predicted octanol–water partition coefficient (Wildman–Crippen LogP) is 2.99. The summed E-state index contributed by atoms with van der Waals surface area (Å²) in [5.74, 6) is -0.994. The summed E-state index contributed by atoms with van der Waals surface area (Å²) in [6.07, 6.45) is 5.29. The Morgan fingerprint density at radius 1 is 1.25 bits per heavy atom. The van der Waals surface area contributed by atoms with Crippen molar-refractivity contribution in [3.63, 3.8) is 0 Å². The third-order valence-electron chi connectivity index (χ3n) is 4.29. The molecule has 1 aliphatic rings. The van der Waals surface area contributed by atoms with Gasteiger partial charge in [0.25, 0.3) is 0 Å². The number of amides is 2. The summed E-state index contributed by atoms with van der Waals surface area (Å²) in [6.45, 7) is 2.49. The summed E-state index contributed by atoms with van der Waals surface area (Å²) in [5.41, 5.74) is 4.42. The molecule has 1 aromatic carbocycles. The molecule has 7 nitrogen and oxygen atoms in total. The molecule has 2 N–H and O–H groups in total. The normalized spacial score (nSPS) is 12.9. The average molecular weight is 396 g/mol. The highest BCUT2D eigenvalue weighted by Gasteiger charge is 2.23. The number of carbonyl (C=O) groups excluding carboxylic acids is 2. The van der Waals surface area contributed by atoms with Gasteiger partial charge in [-0.3, -0.25) is 9.59 Å². The minimum Gasteiger partial charge on any atom is -0.494 e. The van der Waals surface area contributed by atoms with E-state index in [-0.39, 0.29) is 0 Å². The van der Waals surface area contributed by atoms with Gasteiger partial charge in [0.05, 0.1) is 18.4 Å². The van der Waals surface area contributed by atoms with Crippen LogP contribution in [-0.4, -0.2) is 24.6 Å². The maximum absolute atomic E-state index is 12.1. The first-order valence-electron chi connectivity index (χ1n) is 9.04. The molecule has 3 rings (SSSR count). The van der Waals surface area contributed by atoms with E-state index in [9.17, 15) is 14.9 Å². The van der Waals surface area contributed by atoms with Crippen LogP contribution in [0, 0.1) is 11.3 Å². The number of hydrogen-bond acceptors (Lipinski definition) is 6. The fourth-order valence-corrected chi connectivity index (χ4v) is 4.20. The average Bonchev–Trinajstić information content (AvgIpc) is 3.06. The van der Waals surface area contributed by atoms with Crippen LogP contribution in [0.2, 0.25) is 0 Å². The largest absolute Gasteiger partial charge is 0.494 e. The Balaban J connectivity index is 1.58. The number of hydrogen-bond donors (Lipinski definition) is 2. The predicted molar refractivity (Wildman–Crippen MR) is 108 cm³/mol. The molecule has 0 unspecified atom stereocenters. The van der Waals surface area contributed by atoms with E-state index in [1.807, 2.05) is 6.92 Å². The fraction of sp³-hybridized carbons (Fsp3) is 0.300. The van der Waals surface area contributed by atoms with Crippen LogP contribution in [-0.2, 0) is 22.4 Å². The molecule has 1 heterocycles. The van der Waals surface area contributed by atoms with Gasteiger partial charge in [-0.05, 0) is 68.0 Å². The molecule has 1 aromatic heterocycles. The molecule has 0 spiro atoms. The number of fused-ring (bicyclic) bond motifs is 1. The van der Waals surface area contributed by atoms with E-state index in [1.165, 1.54) is 17.6 Å². The molecule has 0 saturated carbocycles. The number of rotatable bonds is 5. The molecule has 1 aliphatic carbocycles. The topological polar surface area (TPSA) is 104 Å². The Labute approximate surface area is 167 Å². The maximum Gasteiger partial charge on any atom is 0.329 e. The molecule has 0 radical (unpaired) electrons. The summed E-state index contributed by atoms with van der Waals surface area (Å²) in [7, 11) is 0. The van der Waals surface area contributed by atoms with Gasteiger partial charge in [0, 0.05) is 4.88 Å². The third kappa shape index (κ3) is 4.56. The highest BCUT2D eigenvalue weighted by atomic mass is 32.1. The van der Waals surface area contributed by atoms with Crippen LogP contribution in [0.25, 0.3) is 0 Å². The van der Waals surface area contributed by atoms with Gasteiger partial charge < -0.3 is 10.1 Å². The smallest absolute Gasteiger partial charge is 0.329 e. The number of nitriles is 1. The van der Waals surface area contributed by atoms with Crippen LogP contribution in [0.4, 0.5) is 5.00 Å². The summed E-state index contributed by atoms with van der Waals surface area (Å²) >= 11 is 1.37. The van der Waals surface area contributed by atoms with Gasteiger partial charge in [-0.15, -0.1) is 11.3 Å². The van der Waals surface area contributed by atoms with Crippen LogP contribution in [0.15, 0.2) is 29.4 Å². The molecule has 0 bridgehead atoms. The molecular formula is C20H20N4O3S. The van der Waals surface area contributed by atoms with E-state index >= 15 is 0 Å². The maximum atomic E-state index is 12.1. The Kier molecular flexibility index (Phi) is 6.40. The van der Waals surface area contributed by atoms with Gasteiger partial charge in [-0.2, -0.15) is 10.4 Å². The zero-order chi connectivity index (χ0) is 19.9. The molecular weight excluding hydrogens is 376 g/mol. The number of anilines is 1. The lowest BCUT2D eigenvalue weighted by Gasteiger charge is -2.09. The summed E-state index contributed by atoms with van der Waals surface area (Å²) < 4.78 is 5.35. The minimum absolute atomic E-state index is 0.435. The second kappa shape index (κ2) is 9.15. The van der Waals surface area contributed by atoms with Crippen LogP contribution in [0.1, 0.15) is 41.3 Å². The highest BCUT2D eigenvalue weighted by Crippen LogP contribution is 2.37. The first kappa shape index (κ1) is 19.6. The quantitative estimate of drug-likeness (QED) is 0.461. The van der Waals surface area contributed by atoms with E-state index in [1.54, 1.807) is 24.3 Å². The SMILES string of the molecule is CCOc1ccc(/C=N\NC(=O)C(=O)Nc2sc3c(c2C#N)CCCC3)cc1. The van der Waals surface area contributed by atoms with Crippen LogP contribution in [0.5, 0.6) is 5.75 Å². The van der Waals surface area contributed by atoms with E-state index in [2.05, 4.69) is 21.9 Å². The molecule has 28 heavy (non-hydrogen) atoms. The number of benzene rings is 1. The lowest BCUT2D eigenvalue weighted by molar-refractivity contribution is -0.136. The number of nitrogens with zero attached hydrogens (tertiary/aromatic N) is 2. The van der Waals surface area contributed by atoms with Crippen molar-refractivity contribution in [2.75, 3.05) is 11.9 Å². The van der Waals surface area contributed by atoms with E-state index < -0.39 is 11.8 Å². The second-order valence-corrected chi connectivity index (χ2v) is 7.29. The fourth-order valence-electron chi connectivity index (χ4n) is 2.97. The Morgan fingerprint density at radius 3 is 2.71 bits per heavy atom. The summed E-state index contributed by atoms with van der Waals surface area (Å²) in [6, 6.07) is 9.31. The van der Waals surface area contributed by atoms with Crippen molar-refractivity contribution in [2.24, 2.45) is 5.10 Å². The zero-order valence-electron chi connectivity index (χ0n) is 15.4. The Morgan fingerprint density at radius 2 is 2.00 bits per heavy atom. The van der Waals surface area contributed by atoms with E-state index in [4.69, 9.17) is 4.74 Å². The second-order valence-electron chi connectivity index (χ2n) is 6.18. The number of aryl methyl sites for hydroxylation is 1. The van der Waals surface area contributed by atoms with Gasteiger partial charge in [-0.25, -0.2) is 5.43 Å². The van der Waals surface area contributed by atoms with E-state index in [0.29, 0.717) is 17.2 Å². The lowest BCUT2D eigenvalue weighted by Crippen LogP contribution is -2.32. The zero-order valence-corrected chi connectivity index (χ0v) is 16.3. The van der Waals surface area contributed by atoms with Crippen molar-refractivity contribution in [3.05, 3.63) is 45.8 Å². The molecule has 0 fully saturated rings. The van der Waals surface area contributed by atoms with Crippen LogP contribution < -0.4 is 15.5 Å². The minimum atomic E-state index is -0.891. The molecule has 8 heteroatoms. The van der Waals surface area contributed by atoms with Gasteiger partial charge >= 0.3 is 11.8 Å². The molecule has 2 amide bonds. The van der Waals surface area contributed by atoms with Gasteiger partial charge in [0.2, 0.25) is 0 Å². The van der Waals surface area contributed by atoms with Crippen molar-refractivity contribution in [1.82, 2.24) is 5.43 Å². The number of carbonyl (C=O) groups is 2. The molecule has 0 atom stereocenters. The number of thiophene rings is 1. The standard InChI is InChI=1S/C20H20N4O3S/c1-2-27-14-9-7-13(8-10-14)12-22-24-19(26)18(25)23-20-16(11-21)15-5-3-4-6-17(15)28-20/h7-10,12H,2-6H2,1H3,(H,23,25)(H,24,26)/b22-12-. The molecule has 2 aromatic rings. The Bertz CT molecular complexity index is 942. The van der Waals surface area contributed by atoms with Crippen molar-refractivity contribution in [3.8, 4) is 11.8 Å². The van der Waals surface area contributed by atoms with Crippen molar-refractivity contribution >= 4 is 34.4 Å². The Hall–Kier alpha value is -3.18. The molecule has 0 saturated heterocycles. The third-order valence-corrected chi connectivity index (χ3v) is 5.49. The number of ether oxygens (including phenoxy) is 1. The number of hydrazone groups is 1. The van der Waals surface area contributed by atoms with Crippen molar-refractivity contribution in [1.29, 1.82) is 5.26 Å².